The van der Waals surface area contributed by atoms with Crippen LogP contribution in [0.1, 0.15) is 29.6 Å². The van der Waals surface area contributed by atoms with Crippen LogP contribution < -0.4 is 5.73 Å². The van der Waals surface area contributed by atoms with Crippen LogP contribution in [-0.2, 0) is 0 Å². The highest BCUT2D eigenvalue weighted by atomic mass is 16.3. The molecule has 0 aliphatic heterocycles. The summed E-state index contributed by atoms with van der Waals surface area (Å²) in [5.41, 5.74) is 5.78. The van der Waals surface area contributed by atoms with Crippen molar-refractivity contribution in [2.45, 2.75) is 25.3 Å². The molecule has 1 aromatic rings. The number of rotatable bonds is 5. The van der Waals surface area contributed by atoms with Gasteiger partial charge in [-0.05, 0) is 37.9 Å². The van der Waals surface area contributed by atoms with Crippen LogP contribution in [0.25, 0.3) is 0 Å². The highest BCUT2D eigenvalue weighted by molar-refractivity contribution is 5.95. The zero-order chi connectivity index (χ0) is 13.1. The van der Waals surface area contributed by atoms with Crippen molar-refractivity contribution in [2.24, 2.45) is 5.73 Å². The second-order valence-electron chi connectivity index (χ2n) is 4.61. The van der Waals surface area contributed by atoms with Crippen LogP contribution in [0.2, 0.25) is 0 Å². The van der Waals surface area contributed by atoms with E-state index in [2.05, 4.69) is 0 Å². The van der Waals surface area contributed by atoms with Gasteiger partial charge < -0.3 is 20.8 Å². The zero-order valence-corrected chi connectivity index (χ0v) is 10.2. The quantitative estimate of drug-likeness (QED) is 0.729. The number of benzene rings is 1. The Labute approximate surface area is 106 Å². The molecule has 1 saturated carbocycles. The van der Waals surface area contributed by atoms with Crippen molar-refractivity contribution in [3.8, 4) is 11.5 Å². The van der Waals surface area contributed by atoms with Crippen LogP contribution in [0.5, 0.6) is 11.5 Å². The molecule has 0 radical (unpaired) electrons. The van der Waals surface area contributed by atoms with E-state index in [1.54, 1.807) is 4.90 Å². The van der Waals surface area contributed by atoms with E-state index >= 15 is 0 Å². The summed E-state index contributed by atoms with van der Waals surface area (Å²) in [6.07, 6.45) is 2.79. The molecule has 1 aliphatic carbocycles. The largest absolute Gasteiger partial charge is 0.508 e. The molecule has 98 valence electrons. The van der Waals surface area contributed by atoms with Gasteiger partial charge in [0.05, 0.1) is 0 Å². The first-order valence-corrected chi connectivity index (χ1v) is 6.16. The van der Waals surface area contributed by atoms with Crippen LogP contribution in [0.3, 0.4) is 0 Å². The van der Waals surface area contributed by atoms with Crippen LogP contribution in [0, 0.1) is 0 Å². The normalized spacial score (nSPS) is 14.5. The third-order valence-electron chi connectivity index (χ3n) is 3.00. The molecule has 4 N–H and O–H groups in total. The van der Waals surface area contributed by atoms with Gasteiger partial charge in [0, 0.05) is 24.2 Å². The van der Waals surface area contributed by atoms with Gasteiger partial charge in [0.2, 0.25) is 0 Å². The zero-order valence-electron chi connectivity index (χ0n) is 10.2. The third-order valence-corrected chi connectivity index (χ3v) is 3.00. The fourth-order valence-electron chi connectivity index (χ4n) is 1.98. The van der Waals surface area contributed by atoms with Crippen molar-refractivity contribution >= 4 is 5.91 Å². The number of amides is 1. The minimum atomic E-state index is -0.155. The number of phenolic OH excluding ortho intramolecular Hbond substituents is 2. The van der Waals surface area contributed by atoms with Crippen molar-refractivity contribution in [1.82, 2.24) is 4.90 Å². The van der Waals surface area contributed by atoms with Crippen LogP contribution in [0.15, 0.2) is 18.2 Å². The predicted octanol–water partition coefficient (Wildman–Crippen LogP) is 1.05. The fourth-order valence-corrected chi connectivity index (χ4v) is 1.98. The lowest BCUT2D eigenvalue weighted by atomic mass is 10.1. The van der Waals surface area contributed by atoms with Crippen molar-refractivity contribution in [1.29, 1.82) is 0 Å². The Bertz CT molecular complexity index is 424. The molecule has 18 heavy (non-hydrogen) atoms. The first-order chi connectivity index (χ1) is 8.61. The summed E-state index contributed by atoms with van der Waals surface area (Å²) in [4.78, 5) is 14.1. The number of nitrogens with two attached hydrogens (primary N) is 1. The number of hydrogen-bond donors (Lipinski definition) is 3. The molecule has 0 aromatic heterocycles. The van der Waals surface area contributed by atoms with Gasteiger partial charge in [-0.2, -0.15) is 0 Å². The predicted molar refractivity (Wildman–Crippen MR) is 67.5 cm³/mol. The van der Waals surface area contributed by atoms with Crippen LogP contribution >= 0.6 is 0 Å². The Morgan fingerprint density at radius 1 is 1.28 bits per heavy atom. The van der Waals surface area contributed by atoms with Gasteiger partial charge >= 0.3 is 0 Å². The van der Waals surface area contributed by atoms with Gasteiger partial charge in [0.15, 0.2) is 0 Å². The van der Waals surface area contributed by atoms with E-state index in [-0.39, 0.29) is 23.4 Å². The lowest BCUT2D eigenvalue weighted by molar-refractivity contribution is 0.0741. The maximum atomic E-state index is 12.3. The van der Waals surface area contributed by atoms with Crippen molar-refractivity contribution < 1.29 is 15.0 Å². The highest BCUT2D eigenvalue weighted by Gasteiger charge is 2.32. The average molecular weight is 250 g/mol. The summed E-state index contributed by atoms with van der Waals surface area (Å²) in [7, 11) is 0. The summed E-state index contributed by atoms with van der Waals surface area (Å²) < 4.78 is 0. The molecule has 1 aromatic carbocycles. The molecular formula is C13H18N2O3. The first kappa shape index (κ1) is 12.7. The molecular weight excluding hydrogens is 232 g/mol. The van der Waals surface area contributed by atoms with E-state index in [0.717, 1.165) is 19.3 Å². The Balaban J connectivity index is 2.16. The van der Waals surface area contributed by atoms with E-state index < -0.39 is 0 Å². The van der Waals surface area contributed by atoms with Crippen molar-refractivity contribution in [2.75, 3.05) is 13.1 Å². The van der Waals surface area contributed by atoms with E-state index in [9.17, 15) is 15.0 Å². The molecule has 0 heterocycles. The number of nitrogens with zero attached hydrogens (tertiary/aromatic N) is 1. The molecule has 0 atom stereocenters. The molecule has 0 saturated heterocycles. The van der Waals surface area contributed by atoms with Gasteiger partial charge in [-0.3, -0.25) is 4.79 Å². The minimum Gasteiger partial charge on any atom is -0.508 e. The van der Waals surface area contributed by atoms with Crippen molar-refractivity contribution in [3.63, 3.8) is 0 Å². The van der Waals surface area contributed by atoms with Gasteiger partial charge in [-0.1, -0.05) is 0 Å². The Morgan fingerprint density at radius 2 is 1.89 bits per heavy atom. The number of carbonyl (C=O) groups is 1. The standard InChI is InChI=1S/C13H18N2O3/c14-4-1-5-15(10-2-3-10)13(18)9-6-11(16)8-12(17)7-9/h6-8,10,16-17H,1-5,14H2. The molecule has 0 bridgehead atoms. The molecule has 0 unspecified atom stereocenters. The first-order valence-electron chi connectivity index (χ1n) is 6.16. The summed E-state index contributed by atoms with van der Waals surface area (Å²) in [5.74, 6) is -0.363. The fraction of sp³-hybridized carbons (Fsp3) is 0.462. The average Bonchev–Trinajstić information content (AvgIpc) is 3.12. The highest BCUT2D eigenvalue weighted by Crippen LogP contribution is 2.30. The second kappa shape index (κ2) is 5.27. The molecule has 1 fully saturated rings. The van der Waals surface area contributed by atoms with Gasteiger partial charge in [0.25, 0.3) is 5.91 Å². The van der Waals surface area contributed by atoms with Gasteiger partial charge in [0.1, 0.15) is 11.5 Å². The molecule has 2 rings (SSSR count). The summed E-state index contributed by atoms with van der Waals surface area (Å²) in [6, 6.07) is 4.24. The number of aromatic hydroxyl groups is 2. The van der Waals surface area contributed by atoms with E-state index in [1.165, 1.54) is 18.2 Å². The Hall–Kier alpha value is -1.75. The van der Waals surface area contributed by atoms with E-state index in [1.807, 2.05) is 0 Å². The monoisotopic (exact) mass is 250 g/mol. The van der Waals surface area contributed by atoms with Gasteiger partial charge in [-0.15, -0.1) is 0 Å². The number of phenols is 2. The topological polar surface area (TPSA) is 86.8 Å². The molecule has 1 aliphatic rings. The molecule has 1 amide bonds. The number of carbonyl (C=O) groups excluding carboxylic acids is 1. The van der Waals surface area contributed by atoms with Crippen LogP contribution in [0.4, 0.5) is 0 Å². The Kier molecular flexibility index (Phi) is 3.72. The second-order valence-corrected chi connectivity index (χ2v) is 4.61. The van der Waals surface area contributed by atoms with E-state index in [4.69, 9.17) is 5.73 Å². The summed E-state index contributed by atoms with van der Waals surface area (Å²) in [6.45, 7) is 1.16. The maximum absolute atomic E-state index is 12.3. The lowest BCUT2D eigenvalue weighted by Crippen LogP contribution is -2.34. The smallest absolute Gasteiger partial charge is 0.254 e. The van der Waals surface area contributed by atoms with E-state index in [0.29, 0.717) is 18.7 Å². The third kappa shape index (κ3) is 2.92. The van der Waals surface area contributed by atoms with Gasteiger partial charge in [-0.25, -0.2) is 0 Å². The maximum Gasteiger partial charge on any atom is 0.254 e. The van der Waals surface area contributed by atoms with Crippen LogP contribution in [-0.4, -0.2) is 40.2 Å². The summed E-state index contributed by atoms with van der Waals surface area (Å²) >= 11 is 0. The number of hydrogen-bond acceptors (Lipinski definition) is 4. The molecule has 0 spiro atoms. The summed E-state index contributed by atoms with van der Waals surface area (Å²) in [5, 5.41) is 18.8. The molecule has 5 nitrogen and oxygen atoms in total. The SMILES string of the molecule is NCCCN(C(=O)c1cc(O)cc(O)c1)C1CC1. The lowest BCUT2D eigenvalue weighted by Gasteiger charge is -2.22. The van der Waals surface area contributed by atoms with Crippen molar-refractivity contribution in [3.05, 3.63) is 23.8 Å². The minimum absolute atomic E-state index is 0.104. The Morgan fingerprint density at radius 3 is 2.39 bits per heavy atom. The molecule has 5 heteroatoms.